The van der Waals surface area contributed by atoms with Crippen LogP contribution in [-0.2, 0) is 0 Å². The number of fused-ring (bicyclic) bond motifs is 12. The summed E-state index contributed by atoms with van der Waals surface area (Å²) in [6.07, 6.45) is 32.4. The molecule has 12 nitrogen and oxygen atoms in total. The summed E-state index contributed by atoms with van der Waals surface area (Å²) < 4.78 is 0. The molecule has 0 N–H and O–H groups in total. The van der Waals surface area contributed by atoms with E-state index in [0.717, 1.165) is 148 Å². The largest absolute Gasteiger partial charge is 0.285 e. The zero-order chi connectivity index (χ0) is 43.2. The fraction of sp³-hybridized carbons (Fsp3) is 0.462. The van der Waals surface area contributed by atoms with Gasteiger partial charge in [-0.1, -0.05) is 75.6 Å². The summed E-state index contributed by atoms with van der Waals surface area (Å²) in [5.74, 6) is 0. The molecule has 0 amide bonds. The summed E-state index contributed by atoms with van der Waals surface area (Å²) in [7, 11) is 0. The van der Waals surface area contributed by atoms with Crippen molar-refractivity contribution in [2.24, 2.45) is 39.9 Å². The number of nitrogens with zero attached hydrogens (tertiary/aromatic N) is 12. The van der Waals surface area contributed by atoms with Crippen LogP contribution in [0.1, 0.15) is 148 Å². The summed E-state index contributed by atoms with van der Waals surface area (Å²) in [6, 6.07) is 24.9. The summed E-state index contributed by atoms with van der Waals surface area (Å²) >= 11 is 0. The lowest BCUT2D eigenvalue weighted by atomic mass is 9.91. The van der Waals surface area contributed by atoms with Crippen LogP contribution in [-0.4, -0.2) is 118 Å². The minimum absolute atomic E-state index is 0.0906. The lowest BCUT2D eigenvalue weighted by Gasteiger charge is -2.25. The highest BCUT2D eigenvalue weighted by molar-refractivity contribution is 5.85. The van der Waals surface area contributed by atoms with Crippen LogP contribution < -0.4 is 0 Å². The summed E-state index contributed by atoms with van der Waals surface area (Å²) in [6.45, 7) is 0. The molecule has 8 atom stereocenters. The predicted octanol–water partition coefficient (Wildman–Crippen LogP) is 8.98. The van der Waals surface area contributed by atoms with Crippen molar-refractivity contribution in [3.8, 4) is 0 Å². The van der Waals surface area contributed by atoms with Crippen LogP contribution in [0.4, 0.5) is 0 Å². The summed E-state index contributed by atoms with van der Waals surface area (Å²) in [5, 5.41) is 0. The zero-order valence-corrected chi connectivity index (χ0v) is 36.8. The minimum Gasteiger partial charge on any atom is -0.285 e. The molecule has 1 aliphatic heterocycles. The Balaban J connectivity index is 0.988. The van der Waals surface area contributed by atoms with Crippen molar-refractivity contribution in [2.45, 2.75) is 151 Å². The third kappa shape index (κ3) is 12.1. The Morgan fingerprint density at radius 1 is 0.219 bits per heavy atom. The first kappa shape index (κ1) is 43.2. The molecule has 4 aliphatic carbocycles. The molecule has 0 unspecified atom stereocenters. The molecule has 64 heavy (non-hydrogen) atoms. The van der Waals surface area contributed by atoms with E-state index >= 15 is 0 Å². The van der Waals surface area contributed by atoms with Crippen LogP contribution in [0.3, 0.4) is 0 Å². The van der Waals surface area contributed by atoms with Crippen molar-refractivity contribution >= 4 is 49.7 Å². The lowest BCUT2D eigenvalue weighted by Crippen LogP contribution is -2.27. The molecule has 0 radical (unpaired) electrons. The van der Waals surface area contributed by atoms with Crippen molar-refractivity contribution in [2.75, 3.05) is 0 Å². The maximum absolute atomic E-state index is 5.05. The molecule has 9 rings (SSSR count). The SMILES string of the molecule is C1=N[C@@H]2CCCC[C@H]2N=Cc2cccc(n2)C=N[C@@H]2CCCC[C@H]2N=Cc2cccc(n2)C=N[C@@H]2CCCC[C@H]2N=Cc2cccc(n2)C=N[C@@H]2CCCC[C@H]2N=Cc2cccc1n2. The van der Waals surface area contributed by atoms with Crippen LogP contribution in [0.2, 0.25) is 0 Å². The smallest absolute Gasteiger partial charge is 0.0815 e. The van der Waals surface area contributed by atoms with E-state index < -0.39 is 0 Å². The number of aromatic nitrogens is 4. The molecule has 328 valence electrons. The molecule has 0 spiro atoms. The van der Waals surface area contributed by atoms with E-state index in [9.17, 15) is 0 Å². The zero-order valence-electron chi connectivity index (χ0n) is 36.8. The normalized spacial score (nSPS) is 27.8. The van der Waals surface area contributed by atoms with Crippen LogP contribution in [0, 0.1) is 0 Å². The van der Waals surface area contributed by atoms with Gasteiger partial charge in [-0.15, -0.1) is 0 Å². The van der Waals surface area contributed by atoms with Crippen LogP contribution in [0.5, 0.6) is 0 Å². The highest BCUT2D eigenvalue weighted by atomic mass is 15.0. The van der Waals surface area contributed by atoms with Gasteiger partial charge in [0.05, 0.1) is 93.9 Å². The van der Waals surface area contributed by atoms with E-state index in [-0.39, 0.29) is 48.3 Å². The number of aliphatic imine (C=N–C) groups is 8. The van der Waals surface area contributed by atoms with Gasteiger partial charge in [-0.2, -0.15) is 0 Å². The molecule has 5 aliphatic rings. The van der Waals surface area contributed by atoms with Gasteiger partial charge in [0.15, 0.2) is 0 Å². The first-order valence-electron chi connectivity index (χ1n) is 23.8. The fourth-order valence-corrected chi connectivity index (χ4v) is 9.59. The monoisotopic (exact) mass is 853 g/mol. The summed E-state index contributed by atoms with van der Waals surface area (Å²) in [4.78, 5) is 60.1. The molecule has 8 bridgehead atoms. The number of pyridine rings is 4. The molecule has 4 aromatic rings. The van der Waals surface area contributed by atoms with Crippen LogP contribution in [0.15, 0.2) is 113 Å². The molecular weight excluding hydrogens is 793 g/mol. The lowest BCUT2D eigenvalue weighted by molar-refractivity contribution is 0.390. The van der Waals surface area contributed by atoms with Gasteiger partial charge in [0.25, 0.3) is 0 Å². The Kier molecular flexibility index (Phi) is 14.9. The molecule has 0 saturated heterocycles. The molecule has 5 heterocycles. The second kappa shape index (κ2) is 22.0. The van der Waals surface area contributed by atoms with Crippen molar-refractivity contribution in [1.82, 2.24) is 19.9 Å². The molecule has 4 aromatic heterocycles. The first-order valence-corrected chi connectivity index (χ1v) is 23.8. The second-order valence-electron chi connectivity index (χ2n) is 17.9. The first-order chi connectivity index (χ1) is 31.7. The number of rotatable bonds is 0. The van der Waals surface area contributed by atoms with Crippen molar-refractivity contribution < 1.29 is 0 Å². The topological polar surface area (TPSA) is 150 Å². The highest BCUT2D eigenvalue weighted by Crippen LogP contribution is 2.27. The number of hydrogen-bond acceptors (Lipinski definition) is 12. The van der Waals surface area contributed by atoms with Crippen LogP contribution in [0.25, 0.3) is 0 Å². The van der Waals surface area contributed by atoms with Gasteiger partial charge < -0.3 is 0 Å². The van der Waals surface area contributed by atoms with Crippen molar-refractivity contribution in [3.63, 3.8) is 0 Å². The third-order valence-electron chi connectivity index (χ3n) is 13.1. The van der Waals surface area contributed by atoms with Gasteiger partial charge in [-0.3, -0.25) is 39.9 Å². The highest BCUT2D eigenvalue weighted by Gasteiger charge is 2.26. The average Bonchev–Trinajstić information content (AvgIpc) is 3.35. The third-order valence-corrected chi connectivity index (χ3v) is 13.1. The van der Waals surface area contributed by atoms with E-state index in [2.05, 4.69) is 0 Å². The Hall–Kier alpha value is -6.04. The Labute approximate surface area is 377 Å². The molecule has 4 fully saturated rings. The maximum Gasteiger partial charge on any atom is 0.0815 e. The van der Waals surface area contributed by atoms with E-state index in [1.165, 1.54) is 0 Å². The molecule has 0 aromatic carbocycles. The van der Waals surface area contributed by atoms with Gasteiger partial charge in [-0.05, 0) is 99.9 Å². The van der Waals surface area contributed by atoms with Gasteiger partial charge in [0, 0.05) is 49.7 Å². The van der Waals surface area contributed by atoms with E-state index in [0.29, 0.717) is 0 Å². The number of hydrogen-bond donors (Lipinski definition) is 0. The van der Waals surface area contributed by atoms with E-state index in [1.807, 2.05) is 123 Å². The Bertz CT molecular complexity index is 1930. The maximum atomic E-state index is 5.05. The van der Waals surface area contributed by atoms with Crippen molar-refractivity contribution in [3.05, 3.63) is 118 Å². The van der Waals surface area contributed by atoms with Gasteiger partial charge in [0.1, 0.15) is 0 Å². The Morgan fingerprint density at radius 2 is 0.359 bits per heavy atom. The summed E-state index contributed by atoms with van der Waals surface area (Å²) in [5.41, 5.74) is 6.60. The minimum atomic E-state index is 0.0906. The van der Waals surface area contributed by atoms with E-state index in [4.69, 9.17) is 59.9 Å². The Morgan fingerprint density at radius 3 is 0.500 bits per heavy atom. The molecular formula is C52H60N12. The van der Waals surface area contributed by atoms with Crippen molar-refractivity contribution in [1.29, 1.82) is 0 Å². The predicted molar refractivity (Wildman–Crippen MR) is 262 cm³/mol. The van der Waals surface area contributed by atoms with Gasteiger partial charge in [-0.25, -0.2) is 19.9 Å². The average molecular weight is 853 g/mol. The van der Waals surface area contributed by atoms with Crippen LogP contribution >= 0.6 is 0 Å². The van der Waals surface area contributed by atoms with Gasteiger partial charge in [0.2, 0.25) is 0 Å². The van der Waals surface area contributed by atoms with E-state index in [1.54, 1.807) is 0 Å². The molecule has 12 heteroatoms. The fourth-order valence-electron chi connectivity index (χ4n) is 9.59. The second-order valence-corrected chi connectivity index (χ2v) is 17.9. The molecule has 4 saturated carbocycles. The van der Waals surface area contributed by atoms with Gasteiger partial charge >= 0.3 is 0 Å². The quantitative estimate of drug-likeness (QED) is 0.174. The standard InChI is InChI=1S/C52H60N12/c1-2-22-46-45(21-1)53-29-37-13-9-15-39(61-37)31-55-47-23-3-4-24-48(47)57-33-41-17-11-19-43(63-41)35-59-51-27-7-8-28-52(51)60-36-44-20-12-18-42(64-44)34-58-50-26-6-5-25-49(50)56-32-40-16-10-14-38(62-40)30-54-46/h9-20,29-36,45-52H,1-8,21-28H2/t45-,46-,47-,48-,49-,50-,51-,52-/m1/s1.